The maximum absolute atomic E-state index is 14.8. The van der Waals surface area contributed by atoms with Gasteiger partial charge in [-0.1, -0.05) is 76.9 Å². The topological polar surface area (TPSA) is 114 Å². The fourth-order valence-corrected chi connectivity index (χ4v) is 7.35. The Bertz CT molecular complexity index is 1900. The average molecular weight is 787 g/mol. The average Bonchev–Trinajstić information content (AvgIpc) is 3.11. The Morgan fingerprint density at radius 2 is 1.50 bits per heavy atom. The minimum atomic E-state index is -4.49. The van der Waals surface area contributed by atoms with Crippen LogP contribution in [0.4, 0.5) is 5.69 Å². The highest BCUT2D eigenvalue weighted by Crippen LogP contribution is 2.37. The van der Waals surface area contributed by atoms with Gasteiger partial charge in [-0.2, -0.15) is 0 Å². The number of anilines is 1. The molecule has 0 aliphatic rings. The van der Waals surface area contributed by atoms with Crippen LogP contribution in [0.1, 0.15) is 31.4 Å². The minimum absolute atomic E-state index is 0.0145. The highest BCUT2D eigenvalue weighted by atomic mass is 79.9. The molecule has 0 aliphatic carbocycles. The molecule has 0 saturated carbocycles. The van der Waals surface area contributed by atoms with Crippen molar-refractivity contribution in [1.29, 1.82) is 0 Å². The van der Waals surface area contributed by atoms with E-state index in [1.807, 2.05) is 68.4 Å². The van der Waals surface area contributed by atoms with Gasteiger partial charge in [0.25, 0.3) is 10.0 Å². The summed E-state index contributed by atoms with van der Waals surface area (Å²) in [6.07, 6.45) is 0.862. The van der Waals surface area contributed by atoms with E-state index in [4.69, 9.17) is 25.8 Å². The number of nitrogens with one attached hydrogen (secondary N) is 1. The van der Waals surface area contributed by atoms with E-state index in [9.17, 15) is 18.0 Å². The molecule has 2 amide bonds. The summed E-state index contributed by atoms with van der Waals surface area (Å²) in [4.78, 5) is 30.1. The van der Waals surface area contributed by atoms with Crippen LogP contribution in [0, 0.1) is 0 Å². The van der Waals surface area contributed by atoms with Crippen molar-refractivity contribution in [3.05, 3.63) is 112 Å². The van der Waals surface area contributed by atoms with E-state index in [1.165, 1.54) is 56.6 Å². The summed E-state index contributed by atoms with van der Waals surface area (Å²) in [5.74, 6) is -0.317. The summed E-state index contributed by atoms with van der Waals surface area (Å²) >= 11 is 9.90. The minimum Gasteiger partial charge on any atom is -0.495 e. The van der Waals surface area contributed by atoms with Crippen molar-refractivity contribution in [2.45, 2.75) is 50.2 Å². The second-order valence-corrected chi connectivity index (χ2v) is 14.7. The molecule has 13 heteroatoms. The van der Waals surface area contributed by atoms with Crippen molar-refractivity contribution in [2.24, 2.45) is 0 Å². The van der Waals surface area contributed by atoms with Crippen LogP contribution >= 0.6 is 27.5 Å². The summed E-state index contributed by atoms with van der Waals surface area (Å²) in [7, 11) is -0.263. The predicted molar refractivity (Wildman–Crippen MR) is 199 cm³/mol. The maximum atomic E-state index is 14.8. The molecule has 4 aromatic rings. The SMILES string of the molecule is CC[C@H](C)NC(=O)[C@@H](Cc1ccccc1)N(Cc1cccc(Br)c1)C(=O)CN(c1cc(Cl)ccc1OC)S(=O)(=O)c1ccc(OC)c(OC)c1. The molecule has 2 atom stereocenters. The zero-order chi connectivity index (χ0) is 36.4. The molecule has 0 bridgehead atoms. The first kappa shape index (κ1) is 38.5. The molecule has 4 rings (SSSR count). The van der Waals surface area contributed by atoms with Gasteiger partial charge in [-0.05, 0) is 66.9 Å². The molecular weight excluding hydrogens is 746 g/mol. The van der Waals surface area contributed by atoms with Gasteiger partial charge in [-0.3, -0.25) is 13.9 Å². The normalized spacial score (nSPS) is 12.4. The summed E-state index contributed by atoms with van der Waals surface area (Å²) in [5.41, 5.74) is 1.60. The highest BCUT2D eigenvalue weighted by molar-refractivity contribution is 9.10. The van der Waals surface area contributed by atoms with Gasteiger partial charge < -0.3 is 24.4 Å². The molecule has 266 valence electrons. The second-order valence-electron chi connectivity index (χ2n) is 11.5. The number of rotatable bonds is 16. The van der Waals surface area contributed by atoms with E-state index in [0.29, 0.717) is 12.2 Å². The van der Waals surface area contributed by atoms with Gasteiger partial charge in [0.05, 0.1) is 31.9 Å². The first-order valence-electron chi connectivity index (χ1n) is 15.9. The third kappa shape index (κ3) is 9.49. The van der Waals surface area contributed by atoms with Gasteiger partial charge in [0.1, 0.15) is 18.3 Å². The third-order valence-corrected chi connectivity index (χ3v) is 10.6. The Hall–Kier alpha value is -4.26. The standard InChI is InChI=1S/C37H41BrClN3O7S/c1-6-25(2)40-37(44)32(20-26-11-8-7-9-12-26)41(23-27-13-10-14-28(38)19-27)36(43)24-42(31-21-29(39)15-17-33(31)47-3)50(45,46)30-16-18-34(48-4)35(22-30)49-5/h7-19,21-22,25,32H,6,20,23-24H2,1-5H3,(H,40,44)/t25-,32+/m0/s1. The maximum Gasteiger partial charge on any atom is 0.265 e. The van der Waals surface area contributed by atoms with Gasteiger partial charge in [-0.25, -0.2) is 8.42 Å². The number of nitrogens with zero attached hydrogens (tertiary/aromatic N) is 2. The number of carbonyl (C=O) groups is 2. The van der Waals surface area contributed by atoms with Crippen LogP contribution in [0.25, 0.3) is 0 Å². The van der Waals surface area contributed by atoms with Crippen molar-refractivity contribution < 1.29 is 32.2 Å². The number of carbonyl (C=O) groups excluding carboxylic acids is 2. The molecule has 0 aliphatic heterocycles. The van der Waals surface area contributed by atoms with E-state index in [2.05, 4.69) is 21.2 Å². The quantitative estimate of drug-likeness (QED) is 0.132. The lowest BCUT2D eigenvalue weighted by molar-refractivity contribution is -0.140. The van der Waals surface area contributed by atoms with Gasteiger partial charge in [0, 0.05) is 34.6 Å². The number of ether oxygens (including phenoxy) is 3. The number of methoxy groups -OCH3 is 3. The molecule has 0 fully saturated rings. The van der Waals surface area contributed by atoms with E-state index in [0.717, 1.165) is 19.9 Å². The molecule has 0 heterocycles. The number of hydrogen-bond acceptors (Lipinski definition) is 7. The Balaban J connectivity index is 1.89. The smallest absolute Gasteiger partial charge is 0.265 e. The van der Waals surface area contributed by atoms with E-state index in [-0.39, 0.29) is 52.0 Å². The van der Waals surface area contributed by atoms with Gasteiger partial charge in [0.15, 0.2) is 11.5 Å². The molecule has 0 unspecified atom stereocenters. The molecule has 0 radical (unpaired) electrons. The first-order valence-corrected chi connectivity index (χ1v) is 18.5. The van der Waals surface area contributed by atoms with E-state index in [1.54, 1.807) is 6.07 Å². The lowest BCUT2D eigenvalue weighted by atomic mass is 10.0. The van der Waals surface area contributed by atoms with Crippen molar-refractivity contribution in [2.75, 3.05) is 32.2 Å². The molecule has 50 heavy (non-hydrogen) atoms. The summed E-state index contributed by atoms with van der Waals surface area (Å²) in [6, 6.07) is 24.2. The van der Waals surface area contributed by atoms with Crippen LogP contribution in [0.3, 0.4) is 0 Å². The van der Waals surface area contributed by atoms with Crippen LogP contribution in [0.15, 0.2) is 100 Å². The summed E-state index contributed by atoms with van der Waals surface area (Å²) < 4.78 is 47.2. The van der Waals surface area contributed by atoms with Gasteiger partial charge in [0.2, 0.25) is 11.8 Å². The lowest BCUT2D eigenvalue weighted by Gasteiger charge is -2.34. The number of hydrogen-bond donors (Lipinski definition) is 1. The van der Waals surface area contributed by atoms with Crippen LogP contribution in [-0.2, 0) is 32.6 Å². The van der Waals surface area contributed by atoms with Crippen molar-refractivity contribution in [3.8, 4) is 17.2 Å². The van der Waals surface area contributed by atoms with Crippen LogP contribution < -0.4 is 23.8 Å². The molecule has 1 N–H and O–H groups in total. The second kappa shape index (κ2) is 17.6. The van der Waals surface area contributed by atoms with Crippen molar-refractivity contribution in [3.63, 3.8) is 0 Å². The highest BCUT2D eigenvalue weighted by Gasteiger charge is 2.36. The van der Waals surface area contributed by atoms with E-state index >= 15 is 0 Å². The molecule has 0 saturated heterocycles. The summed E-state index contributed by atoms with van der Waals surface area (Å²) in [6.45, 7) is 3.17. The number of benzene rings is 4. The van der Waals surface area contributed by atoms with Gasteiger partial charge in [-0.15, -0.1) is 0 Å². The number of amides is 2. The zero-order valence-electron chi connectivity index (χ0n) is 28.6. The predicted octanol–water partition coefficient (Wildman–Crippen LogP) is 6.88. The largest absolute Gasteiger partial charge is 0.495 e. The van der Waals surface area contributed by atoms with Crippen LogP contribution in [-0.4, -0.2) is 65.1 Å². The zero-order valence-corrected chi connectivity index (χ0v) is 31.7. The Kier molecular flexibility index (Phi) is 13.6. The van der Waals surface area contributed by atoms with E-state index < -0.39 is 28.5 Å². The first-order chi connectivity index (χ1) is 23.9. The Morgan fingerprint density at radius 3 is 2.14 bits per heavy atom. The summed E-state index contributed by atoms with van der Waals surface area (Å²) in [5, 5.41) is 3.26. The monoisotopic (exact) mass is 785 g/mol. The molecule has 4 aromatic carbocycles. The third-order valence-electron chi connectivity index (χ3n) is 8.15. The molecule has 0 aromatic heterocycles. The fraction of sp³-hybridized carbons (Fsp3) is 0.297. The Labute approximate surface area is 307 Å². The van der Waals surface area contributed by atoms with Crippen LogP contribution in [0.5, 0.6) is 17.2 Å². The van der Waals surface area contributed by atoms with Crippen molar-refractivity contribution >= 4 is 55.1 Å². The number of halogens is 2. The fourth-order valence-electron chi connectivity index (χ4n) is 5.30. The lowest BCUT2D eigenvalue weighted by Crippen LogP contribution is -2.54. The molecule has 10 nitrogen and oxygen atoms in total. The van der Waals surface area contributed by atoms with Crippen LogP contribution in [0.2, 0.25) is 5.02 Å². The number of sulfonamides is 1. The van der Waals surface area contributed by atoms with Crippen molar-refractivity contribution in [1.82, 2.24) is 10.2 Å². The molecule has 0 spiro atoms. The Morgan fingerprint density at radius 1 is 0.840 bits per heavy atom. The van der Waals surface area contributed by atoms with Gasteiger partial charge >= 0.3 is 0 Å². The molecular formula is C37H41BrClN3O7S.